The number of esters is 1. The van der Waals surface area contributed by atoms with E-state index in [2.05, 4.69) is 164 Å². The number of carbonyl (C=O) groups is 1. The molecule has 0 bridgehead atoms. The molecule has 44 heavy (non-hydrogen) atoms. The molecule has 4 heteroatoms. The Bertz CT molecular complexity index is 1730. The second kappa shape index (κ2) is 13.4. The Morgan fingerprint density at radius 2 is 0.886 bits per heavy atom. The first kappa shape index (κ1) is 29.6. The predicted molar refractivity (Wildman–Crippen MR) is 193 cm³/mol. The molecule has 0 unspecified atom stereocenters. The third-order valence-electron chi connectivity index (χ3n) is 7.97. The van der Waals surface area contributed by atoms with Gasteiger partial charge in [0.1, 0.15) is 28.5 Å². The van der Waals surface area contributed by atoms with Crippen molar-refractivity contribution < 1.29 is 9.53 Å². The minimum absolute atomic E-state index is 0.297. The molecule has 2 nitrogen and oxygen atoms in total. The van der Waals surface area contributed by atoms with Gasteiger partial charge in [0.25, 0.3) is 0 Å². The van der Waals surface area contributed by atoms with Gasteiger partial charge in [-0.05, 0) is 78.3 Å². The molecular formula is C40H35O2P2+. The Kier molecular flexibility index (Phi) is 9.04. The van der Waals surface area contributed by atoms with Gasteiger partial charge in [0.2, 0.25) is 0 Å². The van der Waals surface area contributed by atoms with Crippen LogP contribution in [0.5, 0.6) is 0 Å². The molecule has 0 fully saturated rings. The summed E-state index contributed by atoms with van der Waals surface area (Å²) in [5, 5.41) is 8.44. The van der Waals surface area contributed by atoms with E-state index < -0.39 is 14.1 Å². The standard InChI is InChI=1S/C40H35O2P2/c1-2-42-40(41)32-43(33-19-8-3-9-20-33,34-21-10-4-11-22-34)38-29-18-30-39(31-38)44(35-23-12-5-13-24-35,36-25-14-6-15-26-36)37-27-16-7-17-28-37/h3-32H,2H2,1H3/q+1. The summed E-state index contributed by atoms with van der Waals surface area (Å²) in [4.78, 5) is 13.5. The highest BCUT2D eigenvalue weighted by Crippen LogP contribution is 2.55. The first-order valence-corrected chi connectivity index (χ1v) is 18.5. The van der Waals surface area contributed by atoms with Crippen LogP contribution in [0.2, 0.25) is 0 Å². The van der Waals surface area contributed by atoms with Crippen LogP contribution in [-0.2, 0) is 9.53 Å². The average Bonchev–Trinajstić information content (AvgIpc) is 3.10. The smallest absolute Gasteiger partial charge is 0.331 e. The van der Waals surface area contributed by atoms with E-state index in [1.54, 1.807) is 0 Å². The number of rotatable bonds is 9. The van der Waals surface area contributed by atoms with Crippen molar-refractivity contribution in [2.75, 3.05) is 6.61 Å². The van der Waals surface area contributed by atoms with E-state index in [4.69, 9.17) is 4.74 Å². The Morgan fingerprint density at radius 1 is 0.523 bits per heavy atom. The molecule has 0 aromatic heterocycles. The quantitative estimate of drug-likeness (QED) is 0.149. The maximum atomic E-state index is 13.5. The molecule has 216 valence electrons. The van der Waals surface area contributed by atoms with Crippen LogP contribution in [-0.4, -0.2) is 18.4 Å². The first-order chi connectivity index (χ1) is 21.7. The molecule has 6 aromatic carbocycles. The van der Waals surface area contributed by atoms with E-state index in [0.717, 1.165) is 15.9 Å². The molecule has 0 amide bonds. The first-order valence-electron chi connectivity index (χ1n) is 14.9. The summed E-state index contributed by atoms with van der Waals surface area (Å²) in [5.74, 6) is 1.57. The molecule has 0 aliphatic carbocycles. The molecule has 6 rings (SSSR count). The van der Waals surface area contributed by atoms with Gasteiger partial charge in [0.15, 0.2) is 0 Å². The topological polar surface area (TPSA) is 26.3 Å². The summed E-state index contributed by atoms with van der Waals surface area (Å²) in [5.41, 5.74) is 0. The van der Waals surface area contributed by atoms with Crippen molar-refractivity contribution in [1.82, 2.24) is 0 Å². The minimum Gasteiger partial charge on any atom is -0.463 e. The summed E-state index contributed by atoms with van der Waals surface area (Å²) in [6.07, 6.45) is 0. The number of hydrogen-bond donors (Lipinski definition) is 0. The van der Waals surface area contributed by atoms with Crippen molar-refractivity contribution in [3.63, 3.8) is 0 Å². The highest BCUT2D eigenvalue weighted by Gasteiger charge is 2.48. The van der Waals surface area contributed by atoms with Gasteiger partial charge in [0, 0.05) is 5.80 Å². The summed E-state index contributed by atoms with van der Waals surface area (Å²) < 4.78 is 5.61. The van der Waals surface area contributed by atoms with Crippen molar-refractivity contribution in [2.45, 2.75) is 6.92 Å². The van der Waals surface area contributed by atoms with Crippen molar-refractivity contribution in [3.05, 3.63) is 176 Å². The van der Waals surface area contributed by atoms with Crippen molar-refractivity contribution in [2.24, 2.45) is 0 Å². The van der Waals surface area contributed by atoms with Crippen LogP contribution < -0.4 is 37.1 Å². The number of hydrogen-bond acceptors (Lipinski definition) is 2. The second-order valence-corrected chi connectivity index (χ2v) is 17.1. The molecule has 0 aliphatic rings. The van der Waals surface area contributed by atoms with E-state index in [0.29, 0.717) is 6.61 Å². The fourth-order valence-corrected chi connectivity index (χ4v) is 14.2. The molecule has 0 aliphatic heterocycles. The number of ether oxygens (including phenoxy) is 1. The van der Waals surface area contributed by atoms with E-state index in [1.165, 1.54) is 21.2 Å². The van der Waals surface area contributed by atoms with E-state index in [-0.39, 0.29) is 5.97 Å². The minimum atomic E-state index is -2.59. The molecule has 0 atom stereocenters. The van der Waals surface area contributed by atoms with Crippen LogP contribution >= 0.6 is 14.1 Å². The van der Waals surface area contributed by atoms with Crippen LogP contribution in [0.1, 0.15) is 6.92 Å². The SMILES string of the molecule is CCOC(=O)C=P(c1ccccc1)(c1ccccc1)c1cccc([P+](c2ccccc2)(c2ccccc2)c2ccccc2)c1. The molecule has 0 spiro atoms. The fraction of sp³-hybridized carbons (Fsp3) is 0.0500. The fourth-order valence-electron chi connectivity index (χ4n) is 6.10. The van der Waals surface area contributed by atoms with E-state index in [9.17, 15) is 4.79 Å². The Labute approximate surface area is 261 Å². The third kappa shape index (κ3) is 5.48. The summed E-state index contributed by atoms with van der Waals surface area (Å²) in [6, 6.07) is 62.6. The van der Waals surface area contributed by atoms with Crippen molar-refractivity contribution >= 4 is 63.0 Å². The normalized spacial score (nSPS) is 11.5. The Morgan fingerprint density at radius 3 is 1.30 bits per heavy atom. The van der Waals surface area contributed by atoms with Gasteiger partial charge < -0.3 is 4.74 Å². The van der Waals surface area contributed by atoms with Crippen LogP contribution in [0, 0.1) is 0 Å². The monoisotopic (exact) mass is 609 g/mol. The maximum Gasteiger partial charge on any atom is 0.331 e. The van der Waals surface area contributed by atoms with Gasteiger partial charge in [-0.15, -0.1) is 0 Å². The van der Waals surface area contributed by atoms with Crippen LogP contribution in [0.15, 0.2) is 176 Å². The largest absolute Gasteiger partial charge is 0.463 e. The van der Waals surface area contributed by atoms with Gasteiger partial charge in [-0.1, -0.05) is 127 Å². The van der Waals surface area contributed by atoms with Crippen LogP contribution in [0.3, 0.4) is 0 Å². The lowest BCUT2D eigenvalue weighted by atomic mass is 10.3. The maximum absolute atomic E-state index is 13.5. The van der Waals surface area contributed by atoms with Crippen molar-refractivity contribution in [1.29, 1.82) is 0 Å². The van der Waals surface area contributed by atoms with Gasteiger partial charge in [-0.25, -0.2) is 4.79 Å². The number of carbonyl (C=O) groups excluding carboxylic acids is 1. The van der Waals surface area contributed by atoms with Gasteiger partial charge >= 0.3 is 5.97 Å². The van der Waals surface area contributed by atoms with Crippen LogP contribution in [0.25, 0.3) is 0 Å². The highest BCUT2D eigenvalue weighted by molar-refractivity contribution is 8.01. The average molecular weight is 610 g/mol. The summed E-state index contributed by atoms with van der Waals surface area (Å²) in [6.45, 7) is -0.412. The van der Waals surface area contributed by atoms with Crippen LogP contribution in [0.4, 0.5) is 0 Å². The lowest BCUT2D eigenvalue weighted by molar-refractivity contribution is -0.134. The zero-order valence-corrected chi connectivity index (χ0v) is 26.5. The zero-order chi connectivity index (χ0) is 30.2. The second-order valence-electron chi connectivity index (χ2n) is 10.5. The number of benzene rings is 6. The van der Waals surface area contributed by atoms with Crippen molar-refractivity contribution in [3.8, 4) is 0 Å². The van der Waals surface area contributed by atoms with E-state index >= 15 is 0 Å². The van der Waals surface area contributed by atoms with Gasteiger partial charge in [0.05, 0.1) is 6.61 Å². The molecule has 0 saturated heterocycles. The molecular weight excluding hydrogens is 574 g/mol. The molecule has 0 heterocycles. The zero-order valence-electron chi connectivity index (χ0n) is 24.7. The molecule has 0 N–H and O–H groups in total. The summed E-state index contributed by atoms with van der Waals surface area (Å²) in [7, 11) is -2.34. The summed E-state index contributed by atoms with van der Waals surface area (Å²) >= 11 is 0. The predicted octanol–water partition coefficient (Wildman–Crippen LogP) is 5.97. The molecule has 6 aromatic rings. The van der Waals surface area contributed by atoms with Gasteiger partial charge in [-0.2, -0.15) is 0 Å². The lowest BCUT2D eigenvalue weighted by Crippen LogP contribution is -2.40. The third-order valence-corrected chi connectivity index (χ3v) is 16.2. The van der Waals surface area contributed by atoms with Gasteiger partial charge in [-0.3, -0.25) is 0 Å². The molecule has 0 radical (unpaired) electrons. The molecule has 0 saturated carbocycles. The lowest BCUT2D eigenvalue weighted by Gasteiger charge is -2.31. The van der Waals surface area contributed by atoms with E-state index in [1.807, 2.05) is 24.9 Å². The highest BCUT2D eigenvalue weighted by atomic mass is 31.2. The Balaban J connectivity index is 1.74. The Hall–Kier alpha value is -4.48.